The van der Waals surface area contributed by atoms with E-state index in [0.29, 0.717) is 17.9 Å². The van der Waals surface area contributed by atoms with Crippen molar-refractivity contribution in [2.24, 2.45) is 0 Å². The molecule has 3 aromatic rings. The van der Waals surface area contributed by atoms with Gasteiger partial charge in [0.15, 0.2) is 5.65 Å². The summed E-state index contributed by atoms with van der Waals surface area (Å²) in [6.07, 6.45) is 0.306. The summed E-state index contributed by atoms with van der Waals surface area (Å²) >= 11 is 1.61. The summed E-state index contributed by atoms with van der Waals surface area (Å²) in [7, 11) is 0. The molecule has 1 fully saturated rings. The van der Waals surface area contributed by atoms with Gasteiger partial charge in [0.2, 0.25) is 0 Å². The number of thiophene rings is 1. The molecule has 0 bridgehead atoms. The minimum Gasteiger partial charge on any atom is -0.394 e. The molecule has 0 spiro atoms. The van der Waals surface area contributed by atoms with E-state index in [2.05, 4.69) is 9.97 Å². The van der Waals surface area contributed by atoms with Crippen molar-refractivity contribution in [1.82, 2.24) is 14.5 Å². The van der Waals surface area contributed by atoms with E-state index in [0.717, 1.165) is 16.0 Å². The number of rotatable bonds is 3. The molecule has 3 aromatic heterocycles. The molecule has 0 amide bonds. The third-order valence-electron chi connectivity index (χ3n) is 4.03. The number of hydrogen-bond donors (Lipinski definition) is 3. The lowest BCUT2D eigenvalue weighted by Crippen LogP contribution is -2.24. The first-order valence-corrected chi connectivity index (χ1v) is 8.16. The lowest BCUT2D eigenvalue weighted by molar-refractivity contribution is -0.0432. The molecule has 0 saturated carbocycles. The first-order chi connectivity index (χ1) is 11.2. The van der Waals surface area contributed by atoms with Gasteiger partial charge in [-0.2, -0.15) is 0 Å². The second kappa shape index (κ2) is 5.57. The van der Waals surface area contributed by atoms with Crippen molar-refractivity contribution in [2.75, 3.05) is 12.3 Å². The second-order valence-electron chi connectivity index (χ2n) is 5.51. The van der Waals surface area contributed by atoms with Crippen LogP contribution in [0.1, 0.15) is 12.6 Å². The Labute approximate surface area is 136 Å². The third kappa shape index (κ3) is 2.40. The van der Waals surface area contributed by atoms with Crippen molar-refractivity contribution < 1.29 is 14.9 Å². The zero-order valence-electron chi connectivity index (χ0n) is 12.2. The Balaban J connectivity index is 1.81. The van der Waals surface area contributed by atoms with Crippen LogP contribution < -0.4 is 5.73 Å². The van der Waals surface area contributed by atoms with Crippen molar-refractivity contribution in [1.29, 1.82) is 0 Å². The van der Waals surface area contributed by atoms with Gasteiger partial charge in [0.1, 0.15) is 23.7 Å². The fourth-order valence-electron chi connectivity index (χ4n) is 2.91. The molecular formula is C15H16N4O3S. The Bertz CT molecular complexity index is 833. The van der Waals surface area contributed by atoms with Gasteiger partial charge in [0, 0.05) is 16.9 Å². The fraction of sp³-hybridized carbons (Fsp3) is 0.333. The number of aliphatic hydroxyl groups is 2. The molecule has 0 aliphatic carbocycles. The summed E-state index contributed by atoms with van der Waals surface area (Å²) in [5.74, 6) is 0.403. The number of fused-ring (bicyclic) bond motifs is 1. The van der Waals surface area contributed by atoms with Crippen LogP contribution >= 0.6 is 11.3 Å². The van der Waals surface area contributed by atoms with E-state index in [9.17, 15) is 10.2 Å². The molecule has 1 aliphatic heterocycles. The highest BCUT2D eigenvalue weighted by atomic mass is 32.1. The molecule has 0 radical (unpaired) electrons. The van der Waals surface area contributed by atoms with Crippen molar-refractivity contribution in [3.63, 3.8) is 0 Å². The summed E-state index contributed by atoms with van der Waals surface area (Å²) in [5.41, 5.74) is 8.25. The van der Waals surface area contributed by atoms with Crippen LogP contribution in [-0.4, -0.2) is 43.6 Å². The number of aliphatic hydroxyl groups excluding tert-OH is 2. The number of nitrogens with zero attached hydrogens (tertiary/aromatic N) is 3. The van der Waals surface area contributed by atoms with Gasteiger partial charge in [-0.15, -0.1) is 11.3 Å². The van der Waals surface area contributed by atoms with E-state index in [1.807, 2.05) is 23.6 Å². The van der Waals surface area contributed by atoms with Crippen LogP contribution in [0.4, 0.5) is 5.82 Å². The lowest BCUT2D eigenvalue weighted by atomic mass is 10.2. The fourth-order valence-corrected chi connectivity index (χ4v) is 3.65. The van der Waals surface area contributed by atoms with Crippen LogP contribution in [0.5, 0.6) is 0 Å². The minimum absolute atomic E-state index is 0.222. The smallest absolute Gasteiger partial charge is 0.164 e. The quantitative estimate of drug-likeness (QED) is 0.669. The molecule has 120 valence electrons. The summed E-state index contributed by atoms with van der Waals surface area (Å²) in [6.45, 7) is -0.222. The number of ether oxygens (including phenoxy) is 1. The average molecular weight is 332 g/mol. The summed E-state index contributed by atoms with van der Waals surface area (Å²) in [4.78, 5) is 9.91. The highest BCUT2D eigenvalue weighted by molar-refractivity contribution is 7.13. The van der Waals surface area contributed by atoms with Gasteiger partial charge in [0.05, 0.1) is 19.0 Å². The van der Waals surface area contributed by atoms with Gasteiger partial charge in [-0.25, -0.2) is 9.97 Å². The number of hydrogen-bond acceptors (Lipinski definition) is 7. The zero-order chi connectivity index (χ0) is 16.0. The largest absolute Gasteiger partial charge is 0.394 e. The van der Waals surface area contributed by atoms with Crippen molar-refractivity contribution in [3.05, 3.63) is 29.9 Å². The van der Waals surface area contributed by atoms with Gasteiger partial charge in [0.25, 0.3) is 0 Å². The van der Waals surface area contributed by atoms with Crippen molar-refractivity contribution in [2.45, 2.75) is 24.9 Å². The van der Waals surface area contributed by atoms with Crippen molar-refractivity contribution >= 4 is 28.3 Å². The van der Waals surface area contributed by atoms with E-state index >= 15 is 0 Å². The minimum atomic E-state index is -0.708. The van der Waals surface area contributed by atoms with E-state index in [1.165, 1.54) is 0 Å². The molecule has 23 heavy (non-hydrogen) atoms. The average Bonchev–Trinajstić information content (AvgIpc) is 3.24. The number of pyridine rings is 1. The monoisotopic (exact) mass is 332 g/mol. The molecule has 4 rings (SSSR count). The van der Waals surface area contributed by atoms with Crippen LogP contribution in [0.25, 0.3) is 21.6 Å². The van der Waals surface area contributed by atoms with E-state index in [1.54, 1.807) is 22.2 Å². The van der Waals surface area contributed by atoms with Crippen LogP contribution in [0.3, 0.4) is 0 Å². The molecule has 0 aromatic carbocycles. The summed E-state index contributed by atoms with van der Waals surface area (Å²) in [6, 6.07) is 5.80. The van der Waals surface area contributed by atoms with Gasteiger partial charge >= 0.3 is 0 Å². The SMILES string of the molecule is Nc1cc(-c2cccs2)c2ncn([C@H]3C[C@@H](O)[C@@H](CO)O3)c2n1. The molecule has 4 N–H and O–H groups in total. The highest BCUT2D eigenvalue weighted by Crippen LogP contribution is 2.35. The van der Waals surface area contributed by atoms with E-state index in [4.69, 9.17) is 10.5 Å². The molecule has 7 nitrogen and oxygen atoms in total. The molecule has 1 saturated heterocycles. The Kier molecular flexibility index (Phi) is 3.53. The molecule has 0 unspecified atom stereocenters. The first-order valence-electron chi connectivity index (χ1n) is 7.28. The predicted molar refractivity (Wildman–Crippen MR) is 86.9 cm³/mol. The molecule has 1 aliphatic rings. The second-order valence-corrected chi connectivity index (χ2v) is 6.46. The highest BCUT2D eigenvalue weighted by Gasteiger charge is 2.35. The Hall–Kier alpha value is -2.00. The lowest BCUT2D eigenvalue weighted by Gasteiger charge is -2.14. The summed E-state index contributed by atoms with van der Waals surface area (Å²) < 4.78 is 7.46. The molecule has 3 atom stereocenters. The Morgan fingerprint density at radius 2 is 2.35 bits per heavy atom. The molecule has 4 heterocycles. The topological polar surface area (TPSA) is 106 Å². The number of nitrogen functional groups attached to an aromatic ring is 1. The number of imidazole rings is 1. The zero-order valence-corrected chi connectivity index (χ0v) is 13.0. The molecular weight excluding hydrogens is 316 g/mol. The Morgan fingerprint density at radius 3 is 3.04 bits per heavy atom. The maximum absolute atomic E-state index is 9.93. The van der Waals surface area contributed by atoms with E-state index in [-0.39, 0.29) is 6.61 Å². The van der Waals surface area contributed by atoms with Crippen LogP contribution in [0, 0.1) is 0 Å². The van der Waals surface area contributed by atoms with Crippen LogP contribution in [0.2, 0.25) is 0 Å². The van der Waals surface area contributed by atoms with Crippen molar-refractivity contribution in [3.8, 4) is 10.4 Å². The van der Waals surface area contributed by atoms with E-state index < -0.39 is 18.4 Å². The summed E-state index contributed by atoms with van der Waals surface area (Å²) in [5, 5.41) is 21.2. The molecule has 8 heteroatoms. The number of anilines is 1. The first kappa shape index (κ1) is 14.6. The maximum Gasteiger partial charge on any atom is 0.164 e. The number of nitrogens with two attached hydrogens (primary N) is 1. The van der Waals surface area contributed by atoms with Gasteiger partial charge in [-0.05, 0) is 17.5 Å². The van der Waals surface area contributed by atoms with Crippen LogP contribution in [0.15, 0.2) is 29.9 Å². The maximum atomic E-state index is 9.93. The Morgan fingerprint density at radius 1 is 1.48 bits per heavy atom. The third-order valence-corrected chi connectivity index (χ3v) is 4.93. The van der Waals surface area contributed by atoms with Gasteiger partial charge in [-0.1, -0.05) is 6.07 Å². The van der Waals surface area contributed by atoms with Gasteiger partial charge in [-0.3, -0.25) is 4.57 Å². The normalized spacial score (nSPS) is 24.5. The van der Waals surface area contributed by atoms with Crippen LogP contribution in [-0.2, 0) is 4.74 Å². The number of aromatic nitrogens is 3. The van der Waals surface area contributed by atoms with Gasteiger partial charge < -0.3 is 20.7 Å². The predicted octanol–water partition coefficient (Wildman–Crippen LogP) is 1.38. The standard InChI is InChI=1S/C15H16N4O3S/c16-12-4-8(11-2-1-3-23-11)14-15(18-12)19(7-17-14)13-5-9(21)10(6-20)22-13/h1-4,7,9-10,13,20-21H,5-6H2,(H2,16,18)/t9-,10-,13-/m1/s1.